The molecule has 6 heteroatoms. The summed E-state index contributed by atoms with van der Waals surface area (Å²) in [6.45, 7) is 1.37. The largest absolute Gasteiger partial charge is 0.368 e. The second kappa shape index (κ2) is 6.11. The van der Waals surface area contributed by atoms with Crippen molar-refractivity contribution in [3.63, 3.8) is 0 Å². The molecule has 0 aromatic heterocycles. The van der Waals surface area contributed by atoms with Crippen molar-refractivity contribution in [3.8, 4) is 0 Å². The topological polar surface area (TPSA) is 98.2 Å². The van der Waals surface area contributed by atoms with E-state index in [4.69, 9.17) is 11.5 Å². The van der Waals surface area contributed by atoms with Gasteiger partial charge in [0.2, 0.25) is 11.8 Å². The molecule has 0 aliphatic carbocycles. The zero-order valence-electron chi connectivity index (χ0n) is 6.16. The maximum Gasteiger partial charge on any atom is 0.237 e. The van der Waals surface area contributed by atoms with Gasteiger partial charge in [0.05, 0.1) is 12.6 Å². The molecule has 0 fully saturated rings. The highest BCUT2D eigenvalue weighted by Crippen LogP contribution is 1.72. The fraction of sp³-hybridized carbons (Fsp3) is 0.600. The average molecular weight is 226 g/mol. The van der Waals surface area contributed by atoms with Gasteiger partial charge in [0.15, 0.2) is 0 Å². The summed E-state index contributed by atoms with van der Waals surface area (Å²) in [7, 11) is 0. The van der Waals surface area contributed by atoms with Crippen LogP contribution in [0.25, 0.3) is 0 Å². The summed E-state index contributed by atoms with van der Waals surface area (Å²) in [6, 6.07) is -0.598. The lowest BCUT2D eigenvalue weighted by Gasteiger charge is -2.03. The van der Waals surface area contributed by atoms with Crippen molar-refractivity contribution in [2.45, 2.75) is 13.0 Å². The molecule has 0 aliphatic heterocycles. The quantitative estimate of drug-likeness (QED) is 0.546. The van der Waals surface area contributed by atoms with E-state index >= 15 is 0 Å². The molecule has 0 rings (SSSR count). The molecule has 5 N–H and O–H groups in total. The SMILES string of the molecule is Br.CC(N)C(=O)NCC(N)=O. The number of nitrogens with two attached hydrogens (primary N) is 2. The highest BCUT2D eigenvalue weighted by Gasteiger charge is 2.06. The van der Waals surface area contributed by atoms with Crippen LogP contribution in [-0.2, 0) is 9.59 Å². The molecule has 0 radical (unpaired) electrons. The summed E-state index contributed by atoms with van der Waals surface area (Å²) in [5, 5.41) is 2.24. The maximum absolute atomic E-state index is 10.6. The van der Waals surface area contributed by atoms with Crippen molar-refractivity contribution in [3.05, 3.63) is 0 Å². The number of halogens is 1. The number of primary amides is 1. The third-order valence-electron chi connectivity index (χ3n) is 0.850. The van der Waals surface area contributed by atoms with Gasteiger partial charge in [0.25, 0.3) is 0 Å². The monoisotopic (exact) mass is 225 g/mol. The summed E-state index contributed by atoms with van der Waals surface area (Å²) in [6.07, 6.45) is 0. The Balaban J connectivity index is 0. The van der Waals surface area contributed by atoms with Gasteiger partial charge in [0, 0.05) is 0 Å². The van der Waals surface area contributed by atoms with Crippen molar-refractivity contribution >= 4 is 28.8 Å². The summed E-state index contributed by atoms with van der Waals surface area (Å²) >= 11 is 0. The number of hydrogen-bond acceptors (Lipinski definition) is 3. The third-order valence-corrected chi connectivity index (χ3v) is 0.850. The van der Waals surface area contributed by atoms with Crippen LogP contribution in [0.4, 0.5) is 0 Å². The number of hydrogen-bond donors (Lipinski definition) is 3. The molecule has 0 saturated heterocycles. The predicted molar refractivity (Wildman–Crippen MR) is 46.2 cm³/mol. The summed E-state index contributed by atoms with van der Waals surface area (Å²) in [5.41, 5.74) is 9.90. The van der Waals surface area contributed by atoms with E-state index in [-0.39, 0.29) is 29.4 Å². The van der Waals surface area contributed by atoms with E-state index in [0.717, 1.165) is 0 Å². The van der Waals surface area contributed by atoms with Crippen LogP contribution in [0.1, 0.15) is 6.92 Å². The highest BCUT2D eigenvalue weighted by molar-refractivity contribution is 8.93. The van der Waals surface area contributed by atoms with E-state index in [1.807, 2.05) is 0 Å². The number of nitrogens with one attached hydrogen (secondary N) is 1. The minimum absolute atomic E-state index is 0. The molecule has 0 spiro atoms. The highest BCUT2D eigenvalue weighted by atomic mass is 79.9. The zero-order chi connectivity index (χ0) is 8.15. The normalized spacial score (nSPS) is 11.1. The first-order chi connectivity index (χ1) is 4.54. The van der Waals surface area contributed by atoms with Crippen molar-refractivity contribution in [2.75, 3.05) is 6.54 Å². The van der Waals surface area contributed by atoms with Crippen LogP contribution in [-0.4, -0.2) is 24.4 Å². The van der Waals surface area contributed by atoms with Crippen LogP contribution >= 0.6 is 17.0 Å². The smallest absolute Gasteiger partial charge is 0.237 e. The first kappa shape index (κ1) is 13.0. The lowest BCUT2D eigenvalue weighted by Crippen LogP contribution is -2.42. The van der Waals surface area contributed by atoms with E-state index in [2.05, 4.69) is 5.32 Å². The lowest BCUT2D eigenvalue weighted by molar-refractivity contribution is -0.125. The van der Waals surface area contributed by atoms with Gasteiger partial charge in [0.1, 0.15) is 0 Å². The fourth-order valence-electron chi connectivity index (χ4n) is 0.335. The second-order valence-corrected chi connectivity index (χ2v) is 1.97. The zero-order valence-corrected chi connectivity index (χ0v) is 7.88. The van der Waals surface area contributed by atoms with Gasteiger partial charge in [-0.25, -0.2) is 0 Å². The van der Waals surface area contributed by atoms with E-state index in [0.29, 0.717) is 0 Å². The molecule has 0 aromatic carbocycles. The van der Waals surface area contributed by atoms with Crippen LogP contribution in [0.5, 0.6) is 0 Å². The van der Waals surface area contributed by atoms with Gasteiger partial charge in [-0.3, -0.25) is 9.59 Å². The van der Waals surface area contributed by atoms with Crippen molar-refractivity contribution in [1.82, 2.24) is 5.32 Å². The number of carbonyl (C=O) groups is 2. The molecular weight excluding hydrogens is 214 g/mol. The molecule has 0 bridgehead atoms. The minimum Gasteiger partial charge on any atom is -0.368 e. The van der Waals surface area contributed by atoms with E-state index in [9.17, 15) is 9.59 Å². The molecular formula is C5H12BrN3O2. The molecule has 11 heavy (non-hydrogen) atoms. The Kier molecular flexibility index (Phi) is 7.23. The van der Waals surface area contributed by atoms with Crippen molar-refractivity contribution in [2.24, 2.45) is 11.5 Å². The molecule has 2 amide bonds. The molecule has 1 atom stereocenters. The van der Waals surface area contributed by atoms with Crippen LogP contribution in [0, 0.1) is 0 Å². The molecule has 5 nitrogen and oxygen atoms in total. The maximum atomic E-state index is 10.6. The van der Waals surface area contributed by atoms with E-state index in [1.54, 1.807) is 0 Å². The Morgan fingerprint density at radius 3 is 2.27 bits per heavy atom. The lowest BCUT2D eigenvalue weighted by atomic mass is 10.3. The molecule has 0 saturated carbocycles. The Bertz CT molecular complexity index is 149. The summed E-state index contributed by atoms with van der Waals surface area (Å²) in [4.78, 5) is 20.7. The van der Waals surface area contributed by atoms with E-state index < -0.39 is 11.9 Å². The van der Waals surface area contributed by atoms with Crippen LogP contribution < -0.4 is 16.8 Å². The Morgan fingerprint density at radius 2 is 2.00 bits per heavy atom. The van der Waals surface area contributed by atoms with Gasteiger partial charge in [-0.2, -0.15) is 0 Å². The molecule has 1 unspecified atom stereocenters. The first-order valence-electron chi connectivity index (χ1n) is 2.85. The number of amides is 2. The molecule has 0 heterocycles. The molecule has 66 valence electrons. The Morgan fingerprint density at radius 1 is 1.55 bits per heavy atom. The number of carbonyl (C=O) groups excluding carboxylic acids is 2. The van der Waals surface area contributed by atoms with E-state index in [1.165, 1.54) is 6.92 Å². The predicted octanol–water partition coefficient (Wildman–Crippen LogP) is -1.49. The summed E-state index contributed by atoms with van der Waals surface area (Å²) < 4.78 is 0. The van der Waals surface area contributed by atoms with Crippen LogP contribution in [0.2, 0.25) is 0 Å². The van der Waals surface area contributed by atoms with Gasteiger partial charge in [-0.1, -0.05) is 0 Å². The standard InChI is InChI=1S/C5H11N3O2.BrH/c1-3(6)5(10)8-2-4(7)9;/h3H,2,6H2,1H3,(H2,7,9)(H,8,10);1H. The van der Waals surface area contributed by atoms with Gasteiger partial charge in [-0.15, -0.1) is 17.0 Å². The first-order valence-corrected chi connectivity index (χ1v) is 2.85. The number of rotatable bonds is 3. The third kappa shape index (κ3) is 7.27. The van der Waals surface area contributed by atoms with Gasteiger partial charge in [-0.05, 0) is 6.92 Å². The van der Waals surface area contributed by atoms with Crippen molar-refractivity contribution in [1.29, 1.82) is 0 Å². The summed E-state index contributed by atoms with van der Waals surface area (Å²) in [5.74, 6) is -0.951. The van der Waals surface area contributed by atoms with Gasteiger partial charge < -0.3 is 16.8 Å². The minimum atomic E-state index is -0.598. The van der Waals surface area contributed by atoms with Crippen molar-refractivity contribution < 1.29 is 9.59 Å². The second-order valence-electron chi connectivity index (χ2n) is 1.97. The van der Waals surface area contributed by atoms with Crippen LogP contribution in [0.15, 0.2) is 0 Å². The molecule has 0 aromatic rings. The fourth-order valence-corrected chi connectivity index (χ4v) is 0.335. The molecule has 0 aliphatic rings. The Hall–Kier alpha value is -0.620. The average Bonchev–Trinajstić information content (AvgIpc) is 1.82. The van der Waals surface area contributed by atoms with Gasteiger partial charge >= 0.3 is 0 Å². The van der Waals surface area contributed by atoms with Crippen LogP contribution in [0.3, 0.4) is 0 Å². The Labute approximate surface area is 75.3 Å².